The lowest BCUT2D eigenvalue weighted by Gasteiger charge is -2.19. The quantitative estimate of drug-likeness (QED) is 0.890. The topological polar surface area (TPSA) is 49.3 Å². The lowest BCUT2D eigenvalue weighted by Crippen LogP contribution is -2.08. The Morgan fingerprint density at radius 2 is 1.86 bits per heavy atom. The minimum Gasteiger partial charge on any atom is -0.384 e. The SMILES string of the molecule is Cc1c(C(O)c2ccccc2F)cc2c(c1C)NC(=O)C2C. The van der Waals surface area contributed by atoms with Crippen LogP contribution in [0.3, 0.4) is 0 Å². The van der Waals surface area contributed by atoms with Gasteiger partial charge >= 0.3 is 0 Å². The van der Waals surface area contributed by atoms with Gasteiger partial charge in [-0.3, -0.25) is 4.79 Å². The summed E-state index contributed by atoms with van der Waals surface area (Å²) in [6.45, 7) is 5.61. The second-order valence-corrected chi connectivity index (χ2v) is 5.82. The Kier molecular flexibility index (Phi) is 3.49. The molecule has 114 valence electrons. The monoisotopic (exact) mass is 299 g/mol. The van der Waals surface area contributed by atoms with Crippen LogP contribution in [0, 0.1) is 19.7 Å². The molecule has 4 heteroatoms. The zero-order chi connectivity index (χ0) is 16.0. The number of hydrogen-bond acceptors (Lipinski definition) is 2. The fourth-order valence-electron chi connectivity index (χ4n) is 3.00. The third-order valence-corrected chi connectivity index (χ3v) is 4.57. The van der Waals surface area contributed by atoms with Crippen LogP contribution in [0.4, 0.5) is 10.1 Å². The maximum Gasteiger partial charge on any atom is 0.231 e. The molecule has 1 aliphatic heterocycles. The Labute approximate surface area is 128 Å². The molecule has 0 saturated heterocycles. The predicted octanol–water partition coefficient (Wildman–Crippen LogP) is 3.58. The molecule has 2 aromatic rings. The summed E-state index contributed by atoms with van der Waals surface area (Å²) in [7, 11) is 0. The van der Waals surface area contributed by atoms with Gasteiger partial charge in [0.25, 0.3) is 0 Å². The van der Waals surface area contributed by atoms with Crippen molar-refractivity contribution in [3.8, 4) is 0 Å². The summed E-state index contributed by atoms with van der Waals surface area (Å²) in [4.78, 5) is 11.9. The van der Waals surface area contributed by atoms with Gasteiger partial charge in [0.2, 0.25) is 5.91 Å². The maximum atomic E-state index is 13.9. The van der Waals surface area contributed by atoms with Crippen LogP contribution < -0.4 is 5.32 Å². The number of carbonyl (C=O) groups excluding carboxylic acids is 1. The molecule has 0 fully saturated rings. The van der Waals surface area contributed by atoms with E-state index in [0.29, 0.717) is 5.56 Å². The average molecular weight is 299 g/mol. The van der Waals surface area contributed by atoms with Gasteiger partial charge in [-0.25, -0.2) is 4.39 Å². The van der Waals surface area contributed by atoms with E-state index in [1.807, 2.05) is 26.8 Å². The fraction of sp³-hybridized carbons (Fsp3) is 0.278. The van der Waals surface area contributed by atoms with E-state index in [0.717, 1.165) is 22.4 Å². The first kappa shape index (κ1) is 14.7. The molecule has 22 heavy (non-hydrogen) atoms. The first-order chi connectivity index (χ1) is 10.4. The summed E-state index contributed by atoms with van der Waals surface area (Å²) >= 11 is 0. The van der Waals surface area contributed by atoms with E-state index in [1.165, 1.54) is 6.07 Å². The van der Waals surface area contributed by atoms with Crippen LogP contribution in [0.5, 0.6) is 0 Å². The van der Waals surface area contributed by atoms with Crippen LogP contribution in [0.25, 0.3) is 0 Å². The van der Waals surface area contributed by atoms with E-state index in [1.54, 1.807) is 18.2 Å². The molecule has 0 aliphatic carbocycles. The molecule has 0 saturated carbocycles. The Morgan fingerprint density at radius 1 is 1.18 bits per heavy atom. The fourth-order valence-corrected chi connectivity index (χ4v) is 3.00. The minimum atomic E-state index is -1.05. The molecule has 1 amide bonds. The second kappa shape index (κ2) is 5.21. The molecule has 2 N–H and O–H groups in total. The molecule has 0 aromatic heterocycles. The number of rotatable bonds is 2. The Balaban J connectivity index is 2.15. The summed E-state index contributed by atoms with van der Waals surface area (Å²) in [5, 5.41) is 13.5. The Morgan fingerprint density at radius 3 is 2.55 bits per heavy atom. The van der Waals surface area contributed by atoms with E-state index < -0.39 is 11.9 Å². The van der Waals surface area contributed by atoms with Crippen molar-refractivity contribution in [1.82, 2.24) is 0 Å². The van der Waals surface area contributed by atoms with Gasteiger partial charge in [0.15, 0.2) is 0 Å². The number of benzene rings is 2. The van der Waals surface area contributed by atoms with Crippen molar-refractivity contribution < 1.29 is 14.3 Å². The lowest BCUT2D eigenvalue weighted by molar-refractivity contribution is -0.116. The van der Waals surface area contributed by atoms with Crippen molar-refractivity contribution >= 4 is 11.6 Å². The normalized spacial score (nSPS) is 18.0. The van der Waals surface area contributed by atoms with Crippen LogP contribution in [-0.4, -0.2) is 11.0 Å². The van der Waals surface area contributed by atoms with Gasteiger partial charge in [0.05, 0.1) is 5.92 Å². The molecular weight excluding hydrogens is 281 g/mol. The number of nitrogens with one attached hydrogen (secondary N) is 1. The van der Waals surface area contributed by atoms with Crippen LogP contribution in [0.2, 0.25) is 0 Å². The van der Waals surface area contributed by atoms with E-state index in [4.69, 9.17) is 0 Å². The number of hydrogen-bond donors (Lipinski definition) is 2. The highest BCUT2D eigenvalue weighted by Gasteiger charge is 2.31. The molecule has 0 radical (unpaired) electrons. The summed E-state index contributed by atoms with van der Waals surface area (Å²) in [5.74, 6) is -0.745. The van der Waals surface area contributed by atoms with Gasteiger partial charge in [-0.05, 0) is 55.2 Å². The number of aliphatic hydroxyl groups is 1. The van der Waals surface area contributed by atoms with Gasteiger partial charge in [0.1, 0.15) is 11.9 Å². The van der Waals surface area contributed by atoms with Crippen LogP contribution >= 0.6 is 0 Å². The zero-order valence-corrected chi connectivity index (χ0v) is 12.8. The average Bonchev–Trinajstić information content (AvgIpc) is 2.78. The number of carbonyl (C=O) groups is 1. The molecular formula is C18H18FNO2. The van der Waals surface area contributed by atoms with E-state index in [2.05, 4.69) is 5.32 Å². The highest BCUT2D eigenvalue weighted by molar-refractivity contribution is 6.03. The first-order valence-corrected chi connectivity index (χ1v) is 7.29. The number of fused-ring (bicyclic) bond motifs is 1. The lowest BCUT2D eigenvalue weighted by atomic mass is 9.89. The van der Waals surface area contributed by atoms with Crippen LogP contribution in [0.1, 0.15) is 46.8 Å². The third-order valence-electron chi connectivity index (χ3n) is 4.57. The van der Waals surface area contributed by atoms with Gasteiger partial charge in [-0.2, -0.15) is 0 Å². The maximum absolute atomic E-state index is 13.9. The molecule has 1 aliphatic rings. The Hall–Kier alpha value is -2.20. The highest BCUT2D eigenvalue weighted by atomic mass is 19.1. The number of anilines is 1. The molecule has 0 spiro atoms. The van der Waals surface area contributed by atoms with Crippen LogP contribution in [0.15, 0.2) is 30.3 Å². The summed E-state index contributed by atoms with van der Waals surface area (Å²) in [6, 6.07) is 8.02. The van der Waals surface area contributed by atoms with Crippen molar-refractivity contribution in [2.45, 2.75) is 32.8 Å². The molecule has 3 rings (SSSR count). The molecule has 2 atom stereocenters. The molecule has 3 nitrogen and oxygen atoms in total. The minimum absolute atomic E-state index is 0.0463. The summed E-state index contributed by atoms with van der Waals surface area (Å²) in [5.41, 5.74) is 4.35. The molecule has 2 unspecified atom stereocenters. The molecule has 1 heterocycles. The Bertz CT molecular complexity index is 770. The smallest absolute Gasteiger partial charge is 0.231 e. The van der Waals surface area contributed by atoms with Gasteiger partial charge in [0, 0.05) is 11.3 Å². The van der Waals surface area contributed by atoms with E-state index >= 15 is 0 Å². The summed E-state index contributed by atoms with van der Waals surface area (Å²) in [6.07, 6.45) is -1.05. The third kappa shape index (κ3) is 2.11. The van der Waals surface area contributed by atoms with Crippen molar-refractivity contribution in [2.75, 3.05) is 5.32 Å². The van der Waals surface area contributed by atoms with Gasteiger partial charge < -0.3 is 10.4 Å². The zero-order valence-electron chi connectivity index (χ0n) is 12.8. The van der Waals surface area contributed by atoms with Gasteiger partial charge in [-0.15, -0.1) is 0 Å². The van der Waals surface area contributed by atoms with Crippen molar-refractivity contribution in [3.63, 3.8) is 0 Å². The number of aliphatic hydroxyl groups excluding tert-OH is 1. The molecule has 2 aromatic carbocycles. The number of amides is 1. The van der Waals surface area contributed by atoms with Gasteiger partial charge in [-0.1, -0.05) is 18.2 Å². The second-order valence-electron chi connectivity index (χ2n) is 5.82. The van der Waals surface area contributed by atoms with Crippen molar-refractivity contribution in [1.29, 1.82) is 0 Å². The standard InChI is InChI=1S/C18H18FNO2/c1-9-10(2)16-13(11(3)18(22)20-16)8-14(9)17(21)12-6-4-5-7-15(12)19/h4-8,11,17,21H,1-3H3,(H,20,22). The predicted molar refractivity (Wildman–Crippen MR) is 83.4 cm³/mol. The largest absolute Gasteiger partial charge is 0.384 e. The summed E-state index contributed by atoms with van der Waals surface area (Å²) < 4.78 is 13.9. The highest BCUT2D eigenvalue weighted by Crippen LogP contribution is 2.40. The molecule has 0 bridgehead atoms. The van der Waals surface area contributed by atoms with E-state index in [-0.39, 0.29) is 17.4 Å². The van der Waals surface area contributed by atoms with Crippen molar-refractivity contribution in [3.05, 3.63) is 64.0 Å². The van der Waals surface area contributed by atoms with Crippen LogP contribution in [-0.2, 0) is 4.79 Å². The number of halogens is 1. The van der Waals surface area contributed by atoms with E-state index in [9.17, 15) is 14.3 Å². The van der Waals surface area contributed by atoms with Crippen molar-refractivity contribution in [2.24, 2.45) is 0 Å². The first-order valence-electron chi connectivity index (χ1n) is 7.29.